The second-order valence-electron chi connectivity index (χ2n) is 5.34. The van der Waals surface area contributed by atoms with Crippen LogP contribution in [0.15, 0.2) is 60.9 Å². The predicted octanol–water partition coefficient (Wildman–Crippen LogP) is 3.04. The van der Waals surface area contributed by atoms with Gasteiger partial charge >= 0.3 is 0 Å². The van der Waals surface area contributed by atoms with Gasteiger partial charge in [0.1, 0.15) is 5.82 Å². The smallest absolute Gasteiger partial charge is 0.258 e. The van der Waals surface area contributed by atoms with Crippen LogP contribution in [-0.4, -0.2) is 21.1 Å². The van der Waals surface area contributed by atoms with E-state index >= 15 is 0 Å². The van der Waals surface area contributed by atoms with Crippen LogP contribution in [0.3, 0.4) is 0 Å². The maximum atomic E-state index is 12.0. The fourth-order valence-electron chi connectivity index (χ4n) is 2.19. The quantitative estimate of drug-likeness (QED) is 0.755. The van der Waals surface area contributed by atoms with Crippen molar-refractivity contribution >= 4 is 17.5 Å². The van der Waals surface area contributed by atoms with E-state index in [-0.39, 0.29) is 5.91 Å². The highest BCUT2D eigenvalue weighted by molar-refractivity contribution is 6.03. The molecule has 0 fully saturated rings. The van der Waals surface area contributed by atoms with Crippen LogP contribution in [0.4, 0.5) is 11.6 Å². The summed E-state index contributed by atoms with van der Waals surface area (Å²) < 4.78 is 0. The van der Waals surface area contributed by atoms with Crippen LogP contribution in [0, 0.1) is 6.92 Å². The Morgan fingerprint density at radius 3 is 2.58 bits per heavy atom. The molecule has 0 spiro atoms. The predicted molar refractivity (Wildman–Crippen MR) is 92.7 cm³/mol. The number of aryl methyl sites for hydroxylation is 1. The molecule has 0 radical (unpaired) electrons. The van der Waals surface area contributed by atoms with Crippen molar-refractivity contribution in [1.29, 1.82) is 0 Å². The van der Waals surface area contributed by atoms with Gasteiger partial charge in [-0.3, -0.25) is 9.78 Å². The Hall–Kier alpha value is -3.28. The SMILES string of the molecule is Cc1cccc(CNc2ccc(NC(=O)c3cccnc3)nn2)c1. The minimum Gasteiger partial charge on any atom is -0.365 e. The number of carbonyl (C=O) groups is 1. The number of aromatic nitrogens is 3. The summed E-state index contributed by atoms with van der Waals surface area (Å²) in [5.74, 6) is 0.777. The summed E-state index contributed by atoms with van der Waals surface area (Å²) in [5, 5.41) is 14.0. The van der Waals surface area contributed by atoms with Crippen LogP contribution in [-0.2, 0) is 6.54 Å². The molecule has 1 aromatic carbocycles. The third kappa shape index (κ3) is 4.13. The van der Waals surface area contributed by atoms with E-state index in [1.165, 1.54) is 17.3 Å². The minimum absolute atomic E-state index is 0.266. The number of amides is 1. The molecule has 6 nitrogen and oxygen atoms in total. The molecule has 0 aliphatic rings. The molecule has 2 aromatic heterocycles. The van der Waals surface area contributed by atoms with Gasteiger partial charge in [0.25, 0.3) is 5.91 Å². The van der Waals surface area contributed by atoms with Crippen molar-refractivity contribution in [3.63, 3.8) is 0 Å². The van der Waals surface area contributed by atoms with E-state index in [0.717, 1.165) is 0 Å². The first-order chi connectivity index (χ1) is 11.7. The Morgan fingerprint density at radius 1 is 1.04 bits per heavy atom. The van der Waals surface area contributed by atoms with Crippen molar-refractivity contribution in [2.45, 2.75) is 13.5 Å². The molecule has 0 saturated carbocycles. The van der Waals surface area contributed by atoms with E-state index in [4.69, 9.17) is 0 Å². The lowest BCUT2D eigenvalue weighted by Gasteiger charge is -2.07. The van der Waals surface area contributed by atoms with Crippen LogP contribution >= 0.6 is 0 Å². The highest BCUT2D eigenvalue weighted by atomic mass is 16.1. The number of hydrogen-bond acceptors (Lipinski definition) is 5. The number of benzene rings is 1. The summed E-state index contributed by atoms with van der Waals surface area (Å²) in [7, 11) is 0. The number of hydrogen-bond donors (Lipinski definition) is 2. The highest BCUT2D eigenvalue weighted by Crippen LogP contribution is 2.10. The molecular weight excluding hydrogens is 302 g/mol. The zero-order chi connectivity index (χ0) is 16.8. The van der Waals surface area contributed by atoms with Crippen molar-refractivity contribution < 1.29 is 4.79 Å². The lowest BCUT2D eigenvalue weighted by molar-refractivity contribution is 0.102. The fraction of sp³-hybridized carbons (Fsp3) is 0.111. The molecule has 0 saturated heterocycles. The second kappa shape index (κ2) is 7.32. The molecule has 3 aromatic rings. The molecule has 3 rings (SSSR count). The number of nitrogens with zero attached hydrogens (tertiary/aromatic N) is 3. The van der Waals surface area contributed by atoms with Gasteiger partial charge in [-0.05, 0) is 36.8 Å². The Bertz CT molecular complexity index is 818. The van der Waals surface area contributed by atoms with E-state index < -0.39 is 0 Å². The normalized spacial score (nSPS) is 10.2. The summed E-state index contributed by atoms with van der Waals surface area (Å²) >= 11 is 0. The first kappa shape index (κ1) is 15.6. The summed E-state index contributed by atoms with van der Waals surface area (Å²) in [6, 6.07) is 15.1. The van der Waals surface area contributed by atoms with Gasteiger partial charge in [0.2, 0.25) is 0 Å². The van der Waals surface area contributed by atoms with Gasteiger partial charge in [0.05, 0.1) is 5.56 Å². The van der Waals surface area contributed by atoms with Gasteiger partial charge in [-0.2, -0.15) is 0 Å². The van der Waals surface area contributed by atoms with Gasteiger partial charge < -0.3 is 10.6 Å². The maximum Gasteiger partial charge on any atom is 0.258 e. The van der Waals surface area contributed by atoms with Gasteiger partial charge in [-0.25, -0.2) is 0 Å². The maximum absolute atomic E-state index is 12.0. The Balaban J connectivity index is 1.58. The van der Waals surface area contributed by atoms with Crippen molar-refractivity contribution in [2.24, 2.45) is 0 Å². The van der Waals surface area contributed by atoms with E-state index in [1.54, 1.807) is 30.5 Å². The second-order valence-corrected chi connectivity index (χ2v) is 5.34. The molecule has 2 N–H and O–H groups in total. The zero-order valence-electron chi connectivity index (χ0n) is 13.2. The van der Waals surface area contributed by atoms with Gasteiger partial charge in [0, 0.05) is 18.9 Å². The molecule has 0 bridgehead atoms. The summed E-state index contributed by atoms with van der Waals surface area (Å²) in [6.07, 6.45) is 3.12. The molecule has 1 amide bonds. The first-order valence-corrected chi connectivity index (χ1v) is 7.55. The number of anilines is 2. The van der Waals surface area contributed by atoms with Crippen molar-refractivity contribution in [3.05, 3.63) is 77.6 Å². The fourth-order valence-corrected chi connectivity index (χ4v) is 2.19. The van der Waals surface area contributed by atoms with E-state index in [1.807, 2.05) is 6.07 Å². The van der Waals surface area contributed by atoms with Crippen LogP contribution in [0.1, 0.15) is 21.5 Å². The molecule has 6 heteroatoms. The van der Waals surface area contributed by atoms with Crippen molar-refractivity contribution in [3.8, 4) is 0 Å². The van der Waals surface area contributed by atoms with Crippen LogP contribution in [0.25, 0.3) is 0 Å². The van der Waals surface area contributed by atoms with Gasteiger partial charge in [-0.1, -0.05) is 29.8 Å². The molecule has 120 valence electrons. The monoisotopic (exact) mass is 319 g/mol. The number of carbonyl (C=O) groups excluding carboxylic acids is 1. The highest BCUT2D eigenvalue weighted by Gasteiger charge is 2.07. The Labute approximate surface area is 140 Å². The number of pyridine rings is 1. The lowest BCUT2D eigenvalue weighted by Crippen LogP contribution is -2.13. The number of nitrogens with one attached hydrogen (secondary N) is 2. The largest absolute Gasteiger partial charge is 0.365 e. The average Bonchev–Trinajstić information content (AvgIpc) is 2.62. The first-order valence-electron chi connectivity index (χ1n) is 7.55. The molecule has 0 aliphatic heterocycles. The topological polar surface area (TPSA) is 79.8 Å². The third-order valence-electron chi connectivity index (χ3n) is 3.39. The molecular formula is C18H17N5O. The van der Waals surface area contributed by atoms with Gasteiger partial charge in [0.15, 0.2) is 5.82 Å². The van der Waals surface area contributed by atoms with Crippen LogP contribution < -0.4 is 10.6 Å². The summed E-state index contributed by atoms with van der Waals surface area (Å²) in [6.45, 7) is 2.72. The molecule has 0 aliphatic carbocycles. The van der Waals surface area contributed by atoms with Crippen LogP contribution in [0.2, 0.25) is 0 Å². The van der Waals surface area contributed by atoms with Crippen LogP contribution in [0.5, 0.6) is 0 Å². The average molecular weight is 319 g/mol. The van der Waals surface area contributed by atoms with E-state index in [0.29, 0.717) is 23.7 Å². The standard InChI is InChI=1S/C18H17N5O/c1-13-4-2-5-14(10-13)11-20-16-7-8-17(23-22-16)21-18(24)15-6-3-9-19-12-15/h2-10,12H,11H2,1H3,(H,20,22)(H,21,23,24). The summed E-state index contributed by atoms with van der Waals surface area (Å²) in [5.41, 5.74) is 2.86. The van der Waals surface area contributed by atoms with Gasteiger partial charge in [-0.15, -0.1) is 10.2 Å². The van der Waals surface area contributed by atoms with Crippen molar-refractivity contribution in [1.82, 2.24) is 15.2 Å². The van der Waals surface area contributed by atoms with Crippen molar-refractivity contribution in [2.75, 3.05) is 10.6 Å². The molecule has 0 unspecified atom stereocenters. The zero-order valence-corrected chi connectivity index (χ0v) is 13.2. The Morgan fingerprint density at radius 2 is 1.88 bits per heavy atom. The third-order valence-corrected chi connectivity index (χ3v) is 3.39. The number of rotatable bonds is 5. The minimum atomic E-state index is -0.266. The van der Waals surface area contributed by atoms with E-state index in [2.05, 4.69) is 50.9 Å². The summed E-state index contributed by atoms with van der Waals surface area (Å²) in [4.78, 5) is 15.9. The van der Waals surface area contributed by atoms with E-state index in [9.17, 15) is 4.79 Å². The lowest BCUT2D eigenvalue weighted by atomic mass is 10.1. The molecule has 2 heterocycles. The molecule has 24 heavy (non-hydrogen) atoms. The molecule has 0 atom stereocenters. The Kier molecular flexibility index (Phi) is 4.76.